The van der Waals surface area contributed by atoms with Crippen LogP contribution in [0.4, 0.5) is 0 Å². The van der Waals surface area contributed by atoms with Crippen molar-refractivity contribution in [3.05, 3.63) is 23.8 Å². The summed E-state index contributed by atoms with van der Waals surface area (Å²) in [6.45, 7) is 3.67. The van der Waals surface area contributed by atoms with E-state index in [4.69, 9.17) is 14.2 Å². The zero-order chi connectivity index (χ0) is 16.1. The van der Waals surface area contributed by atoms with Crippen molar-refractivity contribution >= 4 is 11.8 Å². The molecule has 1 fully saturated rings. The minimum atomic E-state index is -0.865. The highest BCUT2D eigenvalue weighted by Crippen LogP contribution is 2.30. The Morgan fingerprint density at radius 1 is 1.32 bits per heavy atom. The largest absolute Gasteiger partial charge is 0.493 e. The Bertz CT molecular complexity index is 557. The summed E-state index contributed by atoms with van der Waals surface area (Å²) in [5, 5.41) is 0. The van der Waals surface area contributed by atoms with Gasteiger partial charge in [0.15, 0.2) is 11.5 Å². The summed E-state index contributed by atoms with van der Waals surface area (Å²) in [6, 6.07) is 4.71. The lowest BCUT2D eigenvalue weighted by Crippen LogP contribution is -2.22. The minimum absolute atomic E-state index is 0.102. The van der Waals surface area contributed by atoms with Gasteiger partial charge in [0.1, 0.15) is 6.10 Å². The second kappa shape index (κ2) is 7.26. The van der Waals surface area contributed by atoms with Gasteiger partial charge in [-0.2, -0.15) is 0 Å². The number of rotatable bonds is 6. The van der Waals surface area contributed by atoms with Gasteiger partial charge in [-0.25, -0.2) is 4.79 Å². The Hall–Kier alpha value is -2.08. The number of carbonyl (C=O) groups is 2. The van der Waals surface area contributed by atoms with Gasteiger partial charge in [-0.1, -0.05) is 0 Å². The molecule has 120 valence electrons. The molecule has 0 aliphatic carbocycles. The van der Waals surface area contributed by atoms with Gasteiger partial charge < -0.3 is 19.1 Å². The van der Waals surface area contributed by atoms with Crippen molar-refractivity contribution in [1.29, 1.82) is 0 Å². The van der Waals surface area contributed by atoms with Crippen LogP contribution in [0.15, 0.2) is 18.2 Å². The van der Waals surface area contributed by atoms with Gasteiger partial charge in [0, 0.05) is 18.7 Å². The zero-order valence-electron chi connectivity index (χ0n) is 13.1. The van der Waals surface area contributed by atoms with Crippen LogP contribution in [0.3, 0.4) is 0 Å². The molecule has 0 aromatic heterocycles. The predicted molar refractivity (Wildman–Crippen MR) is 80.5 cm³/mol. The molecule has 6 heteroatoms. The molecule has 1 unspecified atom stereocenters. The molecule has 1 aliphatic heterocycles. The Morgan fingerprint density at radius 2 is 2.09 bits per heavy atom. The van der Waals surface area contributed by atoms with E-state index in [1.807, 2.05) is 7.05 Å². The molecule has 0 amide bonds. The monoisotopic (exact) mass is 307 g/mol. The van der Waals surface area contributed by atoms with E-state index < -0.39 is 11.8 Å². The van der Waals surface area contributed by atoms with Crippen molar-refractivity contribution in [3.8, 4) is 11.5 Å². The molecule has 1 atom stereocenters. The first-order chi connectivity index (χ1) is 10.5. The lowest BCUT2D eigenvalue weighted by Gasteiger charge is -2.16. The van der Waals surface area contributed by atoms with E-state index in [2.05, 4.69) is 4.90 Å². The molecule has 1 heterocycles. The number of carbonyl (C=O) groups excluding carboxylic acids is 2. The van der Waals surface area contributed by atoms with E-state index >= 15 is 0 Å². The number of likely N-dealkylation sites (N-methyl/N-ethyl adjacent to an activating group) is 1. The van der Waals surface area contributed by atoms with Gasteiger partial charge >= 0.3 is 5.97 Å². The summed E-state index contributed by atoms with van der Waals surface area (Å²) < 4.78 is 15.9. The molecule has 1 aromatic rings. The lowest BCUT2D eigenvalue weighted by atomic mass is 10.1. The topological polar surface area (TPSA) is 65.1 Å². The highest BCUT2D eigenvalue weighted by Gasteiger charge is 2.24. The van der Waals surface area contributed by atoms with Crippen LogP contribution in [0.5, 0.6) is 11.5 Å². The summed E-state index contributed by atoms with van der Waals surface area (Å²) in [7, 11) is 3.54. The van der Waals surface area contributed by atoms with Crippen LogP contribution < -0.4 is 9.47 Å². The van der Waals surface area contributed by atoms with Crippen LogP contribution in [0, 0.1) is 0 Å². The van der Waals surface area contributed by atoms with Crippen LogP contribution in [0.25, 0.3) is 0 Å². The molecule has 0 spiro atoms. The molecule has 1 aliphatic rings. The Morgan fingerprint density at radius 3 is 2.68 bits per heavy atom. The normalized spacial score (nSPS) is 18.0. The lowest BCUT2D eigenvalue weighted by molar-refractivity contribution is -0.137. The number of Topliss-reactive ketones (excluding diaryl/α,β-unsaturated/α-hetero) is 1. The maximum Gasteiger partial charge on any atom is 0.379 e. The van der Waals surface area contributed by atoms with Crippen molar-refractivity contribution in [3.63, 3.8) is 0 Å². The first kappa shape index (κ1) is 16.3. The van der Waals surface area contributed by atoms with E-state index in [9.17, 15) is 9.59 Å². The fourth-order valence-corrected chi connectivity index (χ4v) is 2.39. The smallest absolute Gasteiger partial charge is 0.379 e. The molecule has 0 N–H and O–H groups in total. The molecule has 0 bridgehead atoms. The molecule has 1 aromatic carbocycles. The number of methoxy groups -OCH3 is 1. The molecular weight excluding hydrogens is 286 g/mol. The number of benzene rings is 1. The maximum absolute atomic E-state index is 11.9. The molecule has 2 rings (SSSR count). The second-order valence-corrected chi connectivity index (χ2v) is 5.21. The van der Waals surface area contributed by atoms with Crippen molar-refractivity contribution in [2.24, 2.45) is 0 Å². The third-order valence-corrected chi connectivity index (χ3v) is 3.53. The van der Waals surface area contributed by atoms with E-state index in [0.717, 1.165) is 19.5 Å². The van der Waals surface area contributed by atoms with Crippen molar-refractivity contribution in [1.82, 2.24) is 4.90 Å². The minimum Gasteiger partial charge on any atom is -0.493 e. The summed E-state index contributed by atoms with van der Waals surface area (Å²) in [5.74, 6) is -0.546. The second-order valence-electron chi connectivity index (χ2n) is 5.21. The SMILES string of the molecule is CCOC(=O)C(=O)c1ccc(OC2CCN(C)C2)c(OC)c1. The first-order valence-corrected chi connectivity index (χ1v) is 7.29. The molecule has 6 nitrogen and oxygen atoms in total. The van der Waals surface area contributed by atoms with Crippen LogP contribution in [-0.4, -0.2) is 56.6 Å². The van der Waals surface area contributed by atoms with Crippen LogP contribution in [-0.2, 0) is 9.53 Å². The van der Waals surface area contributed by atoms with Gasteiger partial charge in [0.05, 0.1) is 13.7 Å². The molecule has 22 heavy (non-hydrogen) atoms. The van der Waals surface area contributed by atoms with Crippen LogP contribution in [0.1, 0.15) is 23.7 Å². The predicted octanol–water partition coefficient (Wildman–Crippen LogP) is 1.52. The van der Waals surface area contributed by atoms with Gasteiger partial charge in [-0.05, 0) is 38.6 Å². The Balaban J connectivity index is 2.13. The standard InChI is InChI=1S/C16H21NO5/c1-4-21-16(19)15(18)11-5-6-13(14(9-11)20-3)22-12-7-8-17(2)10-12/h5-6,9,12H,4,7-8,10H2,1-3H3. The van der Waals surface area contributed by atoms with E-state index in [-0.39, 0.29) is 18.3 Å². The summed E-state index contributed by atoms with van der Waals surface area (Å²) in [4.78, 5) is 25.6. The third-order valence-electron chi connectivity index (χ3n) is 3.53. The van der Waals surface area contributed by atoms with Gasteiger partial charge in [-0.3, -0.25) is 4.79 Å². The van der Waals surface area contributed by atoms with E-state index in [1.54, 1.807) is 19.1 Å². The third kappa shape index (κ3) is 3.76. The van der Waals surface area contributed by atoms with E-state index in [0.29, 0.717) is 11.5 Å². The molecular formula is C16H21NO5. The molecule has 1 saturated heterocycles. The number of hydrogen-bond donors (Lipinski definition) is 0. The van der Waals surface area contributed by atoms with Crippen molar-refractivity contribution < 1.29 is 23.8 Å². The number of ketones is 1. The quantitative estimate of drug-likeness (QED) is 0.451. The maximum atomic E-state index is 11.9. The van der Waals surface area contributed by atoms with E-state index in [1.165, 1.54) is 13.2 Å². The summed E-state index contributed by atoms with van der Waals surface area (Å²) in [6.07, 6.45) is 1.05. The zero-order valence-corrected chi connectivity index (χ0v) is 13.1. The molecule has 0 saturated carbocycles. The molecule has 0 radical (unpaired) electrons. The highest BCUT2D eigenvalue weighted by molar-refractivity contribution is 6.40. The van der Waals surface area contributed by atoms with Crippen LogP contribution >= 0.6 is 0 Å². The number of likely N-dealkylation sites (tertiary alicyclic amines) is 1. The first-order valence-electron chi connectivity index (χ1n) is 7.29. The Kier molecular flexibility index (Phi) is 5.38. The highest BCUT2D eigenvalue weighted by atomic mass is 16.5. The summed E-state index contributed by atoms with van der Waals surface area (Å²) in [5.41, 5.74) is 0.228. The number of hydrogen-bond acceptors (Lipinski definition) is 6. The fourth-order valence-electron chi connectivity index (χ4n) is 2.39. The van der Waals surface area contributed by atoms with Crippen LogP contribution in [0.2, 0.25) is 0 Å². The fraction of sp³-hybridized carbons (Fsp3) is 0.500. The van der Waals surface area contributed by atoms with Crippen molar-refractivity contribution in [2.45, 2.75) is 19.4 Å². The average molecular weight is 307 g/mol. The van der Waals surface area contributed by atoms with Gasteiger partial charge in [0.2, 0.25) is 0 Å². The average Bonchev–Trinajstić information content (AvgIpc) is 2.92. The van der Waals surface area contributed by atoms with Gasteiger partial charge in [-0.15, -0.1) is 0 Å². The van der Waals surface area contributed by atoms with Crippen molar-refractivity contribution in [2.75, 3.05) is 33.9 Å². The Labute approximate surface area is 129 Å². The number of nitrogens with zero attached hydrogens (tertiary/aromatic N) is 1. The number of ether oxygens (including phenoxy) is 3. The van der Waals surface area contributed by atoms with Gasteiger partial charge in [0.25, 0.3) is 5.78 Å². The summed E-state index contributed by atoms with van der Waals surface area (Å²) >= 11 is 0. The number of esters is 1.